The van der Waals surface area contributed by atoms with E-state index in [1.165, 1.54) is 12.1 Å². The Morgan fingerprint density at radius 2 is 2.00 bits per heavy atom. The fraction of sp³-hybridized carbons (Fsp3) is 0.333. The number of carbonyl (C=O) groups excluding carboxylic acids is 1. The Labute approximate surface area is 139 Å². The summed E-state index contributed by atoms with van der Waals surface area (Å²) < 4.78 is 16.2. The molecule has 0 aliphatic carbocycles. The quantitative estimate of drug-likeness (QED) is 0.802. The number of rotatable bonds is 4. The van der Waals surface area contributed by atoms with Crippen molar-refractivity contribution < 1.29 is 18.7 Å². The summed E-state index contributed by atoms with van der Waals surface area (Å²) in [7, 11) is 0. The van der Waals surface area contributed by atoms with Crippen LogP contribution in [0.4, 0.5) is 5.88 Å². The third kappa shape index (κ3) is 3.65. The standard InChI is InChI=1S/C18H19NO5/c1-2-23-18(21)14-5-3-4-13(10-14)16-11-15(20)12-17(24-16)19-6-8-22-9-7-19/h3-5,10-12H,2,6-9H2,1H3. The monoisotopic (exact) mass is 329 g/mol. The summed E-state index contributed by atoms with van der Waals surface area (Å²) in [6.45, 7) is 4.63. The van der Waals surface area contributed by atoms with Crippen molar-refractivity contribution >= 4 is 11.9 Å². The second-order valence-electron chi connectivity index (χ2n) is 5.40. The molecule has 24 heavy (non-hydrogen) atoms. The van der Waals surface area contributed by atoms with Crippen molar-refractivity contribution in [2.75, 3.05) is 37.8 Å². The van der Waals surface area contributed by atoms with Crippen molar-refractivity contribution in [3.63, 3.8) is 0 Å². The largest absolute Gasteiger partial charge is 0.462 e. The van der Waals surface area contributed by atoms with Crippen molar-refractivity contribution in [1.29, 1.82) is 0 Å². The highest BCUT2D eigenvalue weighted by atomic mass is 16.5. The van der Waals surface area contributed by atoms with E-state index in [2.05, 4.69) is 0 Å². The number of morpholine rings is 1. The van der Waals surface area contributed by atoms with Crippen LogP contribution in [0.15, 0.2) is 45.6 Å². The zero-order valence-electron chi connectivity index (χ0n) is 13.5. The van der Waals surface area contributed by atoms with E-state index in [9.17, 15) is 9.59 Å². The highest BCUT2D eigenvalue weighted by Crippen LogP contribution is 2.24. The number of hydrogen-bond donors (Lipinski definition) is 0. The summed E-state index contributed by atoms with van der Waals surface area (Å²) in [5.41, 5.74) is 0.945. The predicted octanol–water partition coefficient (Wildman–Crippen LogP) is 2.32. The van der Waals surface area contributed by atoms with E-state index < -0.39 is 5.97 Å². The summed E-state index contributed by atoms with van der Waals surface area (Å²) in [5.74, 6) is 0.545. The lowest BCUT2D eigenvalue weighted by molar-refractivity contribution is 0.0526. The summed E-state index contributed by atoms with van der Waals surface area (Å²) >= 11 is 0. The molecule has 1 aliphatic heterocycles. The van der Waals surface area contributed by atoms with Gasteiger partial charge in [0, 0.05) is 30.8 Å². The van der Waals surface area contributed by atoms with Crippen LogP contribution in [-0.4, -0.2) is 38.9 Å². The Bertz CT molecular complexity index is 777. The van der Waals surface area contributed by atoms with Gasteiger partial charge in [-0.2, -0.15) is 0 Å². The Morgan fingerprint density at radius 1 is 1.21 bits per heavy atom. The van der Waals surface area contributed by atoms with Gasteiger partial charge < -0.3 is 18.8 Å². The Morgan fingerprint density at radius 3 is 2.75 bits per heavy atom. The van der Waals surface area contributed by atoms with Gasteiger partial charge in [-0.05, 0) is 19.1 Å². The van der Waals surface area contributed by atoms with Gasteiger partial charge in [0.1, 0.15) is 5.76 Å². The van der Waals surface area contributed by atoms with E-state index in [0.29, 0.717) is 55.7 Å². The molecule has 0 atom stereocenters. The number of carbonyl (C=O) groups is 1. The minimum Gasteiger partial charge on any atom is -0.462 e. The second-order valence-corrected chi connectivity index (χ2v) is 5.40. The lowest BCUT2D eigenvalue weighted by atomic mass is 10.1. The Hall–Kier alpha value is -2.60. The molecule has 0 bridgehead atoms. The number of esters is 1. The Balaban J connectivity index is 1.94. The van der Waals surface area contributed by atoms with E-state index in [0.717, 1.165) is 0 Å². The smallest absolute Gasteiger partial charge is 0.338 e. The Kier molecular flexibility index (Phi) is 4.96. The van der Waals surface area contributed by atoms with Crippen LogP contribution < -0.4 is 10.3 Å². The van der Waals surface area contributed by atoms with E-state index >= 15 is 0 Å². The van der Waals surface area contributed by atoms with Crippen molar-refractivity contribution in [2.45, 2.75) is 6.92 Å². The normalized spacial score (nSPS) is 14.5. The molecule has 0 saturated carbocycles. The van der Waals surface area contributed by atoms with Crippen molar-refractivity contribution in [1.82, 2.24) is 0 Å². The summed E-state index contributed by atoms with van der Waals surface area (Å²) in [6.07, 6.45) is 0. The average Bonchev–Trinajstić information content (AvgIpc) is 2.62. The predicted molar refractivity (Wildman–Crippen MR) is 89.4 cm³/mol. The maximum absolute atomic E-state index is 12.0. The van der Waals surface area contributed by atoms with Crippen molar-refractivity contribution in [3.05, 3.63) is 52.2 Å². The molecule has 1 aromatic carbocycles. The lowest BCUT2D eigenvalue weighted by Gasteiger charge is -2.27. The molecule has 1 aliphatic rings. The molecule has 0 N–H and O–H groups in total. The highest BCUT2D eigenvalue weighted by Gasteiger charge is 2.16. The molecule has 6 heteroatoms. The molecule has 0 amide bonds. The van der Waals surface area contributed by atoms with Gasteiger partial charge in [-0.1, -0.05) is 12.1 Å². The second kappa shape index (κ2) is 7.31. The van der Waals surface area contributed by atoms with E-state index in [-0.39, 0.29) is 5.43 Å². The van der Waals surface area contributed by atoms with Crippen LogP contribution in [0.1, 0.15) is 17.3 Å². The topological polar surface area (TPSA) is 69.0 Å². The van der Waals surface area contributed by atoms with Gasteiger partial charge in [0.05, 0.1) is 25.4 Å². The number of nitrogens with zero attached hydrogens (tertiary/aromatic N) is 1. The van der Waals surface area contributed by atoms with Crippen LogP contribution in [0.2, 0.25) is 0 Å². The first-order valence-electron chi connectivity index (χ1n) is 7.93. The van der Waals surface area contributed by atoms with Crippen LogP contribution >= 0.6 is 0 Å². The molecule has 3 rings (SSSR count). The van der Waals surface area contributed by atoms with Gasteiger partial charge in [-0.25, -0.2) is 4.79 Å². The SMILES string of the molecule is CCOC(=O)c1cccc(-c2cc(=O)cc(N3CCOCC3)o2)c1. The van der Waals surface area contributed by atoms with Crippen LogP contribution in [0.3, 0.4) is 0 Å². The molecule has 1 fully saturated rings. The van der Waals surface area contributed by atoms with Gasteiger partial charge in [0.25, 0.3) is 0 Å². The fourth-order valence-electron chi connectivity index (χ4n) is 2.56. The first-order chi connectivity index (χ1) is 11.7. The van der Waals surface area contributed by atoms with Crippen LogP contribution in [0.25, 0.3) is 11.3 Å². The highest BCUT2D eigenvalue weighted by molar-refractivity contribution is 5.90. The molecular formula is C18H19NO5. The van der Waals surface area contributed by atoms with E-state index in [1.54, 1.807) is 31.2 Å². The zero-order valence-corrected chi connectivity index (χ0v) is 13.5. The molecule has 126 valence electrons. The number of ether oxygens (including phenoxy) is 2. The van der Waals surface area contributed by atoms with Gasteiger partial charge >= 0.3 is 5.97 Å². The molecule has 0 unspecified atom stereocenters. The van der Waals surface area contributed by atoms with Gasteiger partial charge in [0.2, 0.25) is 0 Å². The van der Waals surface area contributed by atoms with Crippen molar-refractivity contribution in [3.8, 4) is 11.3 Å². The lowest BCUT2D eigenvalue weighted by Crippen LogP contribution is -2.36. The molecular weight excluding hydrogens is 310 g/mol. The first kappa shape index (κ1) is 16.3. The first-order valence-corrected chi connectivity index (χ1v) is 7.93. The zero-order chi connectivity index (χ0) is 16.9. The third-order valence-electron chi connectivity index (χ3n) is 3.73. The number of anilines is 1. The van der Waals surface area contributed by atoms with E-state index in [4.69, 9.17) is 13.9 Å². The number of benzene rings is 1. The molecule has 2 heterocycles. The fourth-order valence-corrected chi connectivity index (χ4v) is 2.56. The van der Waals surface area contributed by atoms with Gasteiger partial charge in [-0.3, -0.25) is 4.79 Å². The molecule has 1 aromatic heterocycles. The average molecular weight is 329 g/mol. The molecule has 1 saturated heterocycles. The summed E-state index contributed by atoms with van der Waals surface area (Å²) in [6, 6.07) is 9.77. The number of hydrogen-bond acceptors (Lipinski definition) is 6. The summed E-state index contributed by atoms with van der Waals surface area (Å²) in [4.78, 5) is 25.9. The summed E-state index contributed by atoms with van der Waals surface area (Å²) in [5, 5.41) is 0. The maximum atomic E-state index is 12.0. The van der Waals surface area contributed by atoms with Crippen LogP contribution in [0.5, 0.6) is 0 Å². The molecule has 2 aromatic rings. The molecule has 0 spiro atoms. The minimum absolute atomic E-state index is 0.140. The van der Waals surface area contributed by atoms with Crippen molar-refractivity contribution in [2.24, 2.45) is 0 Å². The molecule has 6 nitrogen and oxygen atoms in total. The van der Waals surface area contributed by atoms with Crippen LogP contribution in [0, 0.1) is 0 Å². The van der Waals surface area contributed by atoms with Crippen LogP contribution in [-0.2, 0) is 9.47 Å². The minimum atomic E-state index is -0.397. The third-order valence-corrected chi connectivity index (χ3v) is 3.73. The van der Waals surface area contributed by atoms with Gasteiger partial charge in [0.15, 0.2) is 11.3 Å². The van der Waals surface area contributed by atoms with Gasteiger partial charge in [-0.15, -0.1) is 0 Å². The van der Waals surface area contributed by atoms with E-state index in [1.807, 2.05) is 4.90 Å². The molecule has 0 radical (unpaired) electrons. The maximum Gasteiger partial charge on any atom is 0.338 e.